The van der Waals surface area contributed by atoms with Crippen LogP contribution >= 0.6 is 11.6 Å². The van der Waals surface area contributed by atoms with Crippen LogP contribution in [0.4, 0.5) is 0 Å². The van der Waals surface area contributed by atoms with Gasteiger partial charge in [-0.2, -0.15) is 5.48 Å². The molecule has 0 aliphatic rings. The smallest absolute Gasteiger partial charge is 0.329 e. The summed E-state index contributed by atoms with van der Waals surface area (Å²) in [6.45, 7) is 1.44. The summed E-state index contributed by atoms with van der Waals surface area (Å²) in [6, 6.07) is 16.4. The van der Waals surface area contributed by atoms with Crippen LogP contribution in [0.3, 0.4) is 0 Å². The quantitative estimate of drug-likeness (QED) is 0.709. The lowest BCUT2D eigenvalue weighted by molar-refractivity contribution is -0.146. The monoisotopic (exact) mass is 370 g/mol. The second-order valence-corrected chi connectivity index (χ2v) is 5.91. The van der Waals surface area contributed by atoms with Gasteiger partial charge in [-0.15, -0.1) is 0 Å². The van der Waals surface area contributed by atoms with E-state index < -0.39 is 11.9 Å². The number of nitrogens with zero attached hydrogens (tertiary/aromatic N) is 1. The van der Waals surface area contributed by atoms with Gasteiger partial charge in [0.05, 0.1) is 5.52 Å². The van der Waals surface area contributed by atoms with Gasteiger partial charge in [-0.05, 0) is 23.8 Å². The fraction of sp³-hybridized carbons (Fsp3) is 0.105. The molecule has 0 saturated heterocycles. The third-order valence-electron chi connectivity index (χ3n) is 3.48. The molecule has 0 saturated carbocycles. The highest BCUT2D eigenvalue weighted by Gasteiger charge is 2.18. The predicted octanol–water partition coefficient (Wildman–Crippen LogP) is 3.68. The number of hydrogen-bond acceptors (Lipinski definition) is 5. The Kier molecular flexibility index (Phi) is 5.34. The molecule has 6 nitrogen and oxygen atoms in total. The lowest BCUT2D eigenvalue weighted by atomic mass is 10.2. The zero-order valence-electron chi connectivity index (χ0n) is 13.9. The number of fused-ring (bicyclic) bond motifs is 1. The summed E-state index contributed by atoms with van der Waals surface area (Å²) in [6.07, 6.45) is 0. The van der Waals surface area contributed by atoms with Crippen molar-refractivity contribution in [2.24, 2.45) is 0 Å². The van der Waals surface area contributed by atoms with Crippen molar-refractivity contribution in [3.8, 4) is 5.75 Å². The minimum atomic E-state index is -0.690. The Morgan fingerprint density at radius 3 is 2.62 bits per heavy atom. The maximum Gasteiger partial charge on any atom is 0.329 e. The molecule has 132 valence electrons. The van der Waals surface area contributed by atoms with Crippen LogP contribution in [0.1, 0.15) is 23.0 Å². The Labute approximate surface area is 154 Å². The molecule has 0 radical (unpaired) electrons. The van der Waals surface area contributed by atoms with E-state index in [4.69, 9.17) is 16.3 Å². The molecule has 1 aromatic heterocycles. The van der Waals surface area contributed by atoms with E-state index >= 15 is 0 Å². The zero-order chi connectivity index (χ0) is 18.5. The number of ether oxygens (including phenoxy) is 1. The Balaban J connectivity index is 1.94. The molecular formula is C19H15ClN2O4. The molecule has 1 heterocycles. The number of halogens is 1. The molecule has 1 N–H and O–H groups in total. The van der Waals surface area contributed by atoms with Crippen LogP contribution in [-0.4, -0.2) is 16.9 Å². The van der Waals surface area contributed by atoms with Crippen LogP contribution in [0, 0.1) is 0 Å². The number of hydrogen-bond donors (Lipinski definition) is 1. The number of nitrogens with one attached hydrogen (secondary N) is 1. The normalized spacial score (nSPS) is 10.4. The first-order valence-electron chi connectivity index (χ1n) is 7.78. The van der Waals surface area contributed by atoms with E-state index in [9.17, 15) is 9.59 Å². The van der Waals surface area contributed by atoms with Crippen molar-refractivity contribution in [1.82, 2.24) is 10.5 Å². The summed E-state index contributed by atoms with van der Waals surface area (Å²) in [5.74, 6) is -1.06. The van der Waals surface area contributed by atoms with Gasteiger partial charge in [0.25, 0.3) is 0 Å². The Bertz CT molecular complexity index is 960. The van der Waals surface area contributed by atoms with Crippen molar-refractivity contribution in [2.75, 3.05) is 0 Å². The highest BCUT2D eigenvalue weighted by molar-refractivity contribution is 6.31. The number of rotatable bonds is 4. The van der Waals surface area contributed by atoms with Crippen LogP contribution in [0.5, 0.6) is 5.75 Å². The van der Waals surface area contributed by atoms with E-state index in [0.717, 1.165) is 10.9 Å². The Hall–Kier alpha value is -3.12. The Morgan fingerprint density at radius 1 is 1.12 bits per heavy atom. The molecule has 0 atom stereocenters. The maximum absolute atomic E-state index is 12.3. The molecule has 0 unspecified atom stereocenters. The van der Waals surface area contributed by atoms with Gasteiger partial charge in [0.1, 0.15) is 6.61 Å². The number of aromatic nitrogens is 1. The van der Waals surface area contributed by atoms with Gasteiger partial charge in [-0.3, -0.25) is 9.59 Å². The Morgan fingerprint density at radius 2 is 1.88 bits per heavy atom. The standard InChI is InChI=1S/C19H15ClN2O4/c1-12(23)26-22-19(24)18-17(25-11-13-5-3-2-4-6-13)9-14-7-8-15(20)10-16(14)21-18/h2-10H,11H2,1H3,(H,22,24). The van der Waals surface area contributed by atoms with Crippen molar-refractivity contribution < 1.29 is 19.2 Å². The molecule has 26 heavy (non-hydrogen) atoms. The lowest BCUT2D eigenvalue weighted by Gasteiger charge is -2.12. The second-order valence-electron chi connectivity index (χ2n) is 5.47. The topological polar surface area (TPSA) is 77.5 Å². The van der Waals surface area contributed by atoms with E-state index in [1.807, 2.05) is 30.3 Å². The molecule has 0 spiro atoms. The van der Waals surface area contributed by atoms with Crippen LogP contribution in [-0.2, 0) is 16.2 Å². The molecule has 2 aromatic carbocycles. The second kappa shape index (κ2) is 7.84. The minimum absolute atomic E-state index is 0.00283. The molecule has 3 rings (SSSR count). The fourth-order valence-electron chi connectivity index (χ4n) is 2.30. The van der Waals surface area contributed by atoms with Crippen molar-refractivity contribution in [3.05, 3.63) is 70.9 Å². The van der Waals surface area contributed by atoms with Crippen LogP contribution in [0.25, 0.3) is 10.9 Å². The van der Waals surface area contributed by atoms with Gasteiger partial charge in [-0.1, -0.05) is 48.0 Å². The summed E-state index contributed by atoms with van der Waals surface area (Å²) < 4.78 is 5.79. The summed E-state index contributed by atoms with van der Waals surface area (Å²) in [5, 5.41) is 1.26. The molecule has 0 aliphatic heterocycles. The van der Waals surface area contributed by atoms with Crippen molar-refractivity contribution in [1.29, 1.82) is 0 Å². The molecule has 0 aliphatic carbocycles. The summed E-state index contributed by atoms with van der Waals surface area (Å²) in [7, 11) is 0. The highest BCUT2D eigenvalue weighted by Crippen LogP contribution is 2.26. The minimum Gasteiger partial charge on any atom is -0.486 e. The van der Waals surface area contributed by atoms with E-state index in [-0.39, 0.29) is 18.1 Å². The lowest BCUT2D eigenvalue weighted by Crippen LogP contribution is -2.27. The van der Waals surface area contributed by atoms with E-state index in [1.165, 1.54) is 6.92 Å². The van der Waals surface area contributed by atoms with Gasteiger partial charge in [0.15, 0.2) is 11.4 Å². The first kappa shape index (κ1) is 17.7. The summed E-state index contributed by atoms with van der Waals surface area (Å²) >= 11 is 5.99. The summed E-state index contributed by atoms with van der Waals surface area (Å²) in [4.78, 5) is 32.1. The fourth-order valence-corrected chi connectivity index (χ4v) is 2.46. The third-order valence-corrected chi connectivity index (χ3v) is 3.72. The summed E-state index contributed by atoms with van der Waals surface area (Å²) in [5.41, 5.74) is 3.51. The molecule has 1 amide bonds. The number of benzene rings is 2. The highest BCUT2D eigenvalue weighted by atomic mass is 35.5. The number of pyridine rings is 1. The average Bonchev–Trinajstić information content (AvgIpc) is 2.64. The van der Waals surface area contributed by atoms with Crippen LogP contribution in [0.15, 0.2) is 54.6 Å². The van der Waals surface area contributed by atoms with E-state index in [0.29, 0.717) is 10.5 Å². The molecule has 7 heteroatoms. The van der Waals surface area contributed by atoms with Crippen LogP contribution in [0.2, 0.25) is 5.02 Å². The molecule has 0 fully saturated rings. The van der Waals surface area contributed by atoms with Gasteiger partial charge >= 0.3 is 11.9 Å². The number of carbonyl (C=O) groups excluding carboxylic acids is 2. The molecule has 0 bridgehead atoms. The zero-order valence-corrected chi connectivity index (χ0v) is 14.6. The van der Waals surface area contributed by atoms with Gasteiger partial charge in [-0.25, -0.2) is 4.98 Å². The van der Waals surface area contributed by atoms with Crippen molar-refractivity contribution in [3.63, 3.8) is 0 Å². The van der Waals surface area contributed by atoms with E-state index in [1.54, 1.807) is 24.3 Å². The average molecular weight is 371 g/mol. The molecular weight excluding hydrogens is 356 g/mol. The molecule has 3 aromatic rings. The van der Waals surface area contributed by atoms with Crippen molar-refractivity contribution in [2.45, 2.75) is 13.5 Å². The number of carbonyl (C=O) groups is 2. The first-order valence-corrected chi connectivity index (χ1v) is 8.15. The first-order chi connectivity index (χ1) is 12.5. The third kappa shape index (κ3) is 4.29. The SMILES string of the molecule is CC(=O)ONC(=O)c1nc2cc(Cl)ccc2cc1OCc1ccccc1. The largest absolute Gasteiger partial charge is 0.486 e. The predicted molar refractivity (Wildman–Crippen MR) is 96.8 cm³/mol. The maximum atomic E-state index is 12.3. The van der Waals surface area contributed by atoms with Gasteiger partial charge < -0.3 is 9.57 Å². The van der Waals surface area contributed by atoms with Gasteiger partial charge in [0, 0.05) is 17.3 Å². The van der Waals surface area contributed by atoms with Gasteiger partial charge in [0.2, 0.25) is 0 Å². The number of hydroxylamine groups is 1. The van der Waals surface area contributed by atoms with Crippen molar-refractivity contribution >= 4 is 34.4 Å². The number of amides is 1. The van der Waals surface area contributed by atoms with E-state index in [2.05, 4.69) is 15.3 Å². The van der Waals surface area contributed by atoms with Crippen LogP contribution < -0.4 is 10.2 Å².